The maximum Gasteiger partial charge on any atom is 0.134 e. The molecule has 6 nitrogen and oxygen atoms in total. The molecular formula is C18H24ClN3O3. The van der Waals surface area contributed by atoms with Gasteiger partial charge in [-0.2, -0.15) is 0 Å². The van der Waals surface area contributed by atoms with Crippen molar-refractivity contribution in [3.05, 3.63) is 34.5 Å². The first-order valence-corrected chi connectivity index (χ1v) is 9.02. The number of hydrogen-bond acceptors (Lipinski definition) is 5. The molecule has 1 aromatic heterocycles. The van der Waals surface area contributed by atoms with E-state index < -0.39 is 0 Å². The van der Waals surface area contributed by atoms with Gasteiger partial charge < -0.3 is 9.15 Å². The molecule has 2 N–H and O–H groups in total. The molecule has 1 fully saturated rings. The minimum Gasteiger partial charge on any atom is -0.461 e. The van der Waals surface area contributed by atoms with Crippen molar-refractivity contribution >= 4 is 28.4 Å². The van der Waals surface area contributed by atoms with Crippen molar-refractivity contribution in [2.45, 2.75) is 19.8 Å². The van der Waals surface area contributed by atoms with Crippen LogP contribution in [0.1, 0.15) is 18.2 Å². The Labute approximate surface area is 152 Å². The first-order valence-electron chi connectivity index (χ1n) is 8.64. The Morgan fingerprint density at radius 3 is 2.88 bits per heavy atom. The van der Waals surface area contributed by atoms with Gasteiger partial charge in [-0.05, 0) is 18.2 Å². The number of rotatable bonds is 6. The molecule has 0 amide bonds. The van der Waals surface area contributed by atoms with Crippen LogP contribution in [0.4, 0.5) is 0 Å². The summed E-state index contributed by atoms with van der Waals surface area (Å²) in [5.41, 5.74) is 4.07. The van der Waals surface area contributed by atoms with E-state index >= 15 is 0 Å². The zero-order chi connectivity index (χ0) is 17.6. The summed E-state index contributed by atoms with van der Waals surface area (Å²) in [6, 6.07) is 5.60. The van der Waals surface area contributed by atoms with Crippen molar-refractivity contribution in [2.75, 3.05) is 39.4 Å². The molecule has 1 saturated heterocycles. The van der Waals surface area contributed by atoms with E-state index in [2.05, 4.69) is 15.4 Å². The monoisotopic (exact) mass is 365 g/mol. The number of amidine groups is 1. The second kappa shape index (κ2) is 8.67. The van der Waals surface area contributed by atoms with Crippen molar-refractivity contribution in [2.24, 2.45) is 4.99 Å². The van der Waals surface area contributed by atoms with Gasteiger partial charge in [0, 0.05) is 48.4 Å². The number of hydrogen-bond donors (Lipinski definition) is 2. The average Bonchev–Trinajstić information content (AvgIpc) is 2.98. The van der Waals surface area contributed by atoms with E-state index in [4.69, 9.17) is 20.8 Å². The molecule has 0 bridgehead atoms. The standard InChI is InChI=1S/C18H24ClN3O3/c1-2-16-15(14-11-13(19)3-4-17(14)25-16)12-18(21-23)20-5-6-22-7-9-24-10-8-22/h3-4,11,23H,2,5-10,12H2,1H3,(H,20,21). The van der Waals surface area contributed by atoms with Gasteiger partial charge in [-0.1, -0.05) is 18.5 Å². The summed E-state index contributed by atoms with van der Waals surface area (Å²) in [5, 5.41) is 11.1. The van der Waals surface area contributed by atoms with E-state index in [1.54, 1.807) is 0 Å². The third kappa shape index (κ3) is 4.52. The number of aryl methyl sites for hydroxylation is 1. The molecule has 0 spiro atoms. The third-order valence-electron chi connectivity index (χ3n) is 4.45. The Bertz CT molecular complexity index is 738. The molecule has 25 heavy (non-hydrogen) atoms. The van der Waals surface area contributed by atoms with Crippen LogP contribution >= 0.6 is 11.6 Å². The van der Waals surface area contributed by atoms with Crippen LogP contribution in [-0.2, 0) is 17.6 Å². The number of morpholine rings is 1. The summed E-state index contributed by atoms with van der Waals surface area (Å²) in [5.74, 6) is 1.43. The predicted molar refractivity (Wildman–Crippen MR) is 98.8 cm³/mol. The molecule has 0 unspecified atom stereocenters. The van der Waals surface area contributed by atoms with Crippen LogP contribution in [0.15, 0.2) is 27.6 Å². The van der Waals surface area contributed by atoms with Crippen LogP contribution in [0.2, 0.25) is 5.02 Å². The summed E-state index contributed by atoms with van der Waals surface area (Å²) in [6.45, 7) is 6.94. The lowest BCUT2D eigenvalue weighted by molar-refractivity contribution is 0.0394. The van der Waals surface area contributed by atoms with E-state index in [0.29, 0.717) is 23.8 Å². The average molecular weight is 366 g/mol. The Balaban J connectivity index is 1.73. The van der Waals surface area contributed by atoms with Crippen LogP contribution < -0.4 is 5.48 Å². The lowest BCUT2D eigenvalue weighted by Crippen LogP contribution is -2.38. The van der Waals surface area contributed by atoms with E-state index in [-0.39, 0.29) is 0 Å². The second-order valence-corrected chi connectivity index (χ2v) is 6.51. The largest absolute Gasteiger partial charge is 0.461 e. The van der Waals surface area contributed by atoms with Crippen molar-refractivity contribution in [1.29, 1.82) is 0 Å². The molecule has 3 rings (SSSR count). The first-order chi connectivity index (χ1) is 12.2. The van der Waals surface area contributed by atoms with Crippen LogP contribution in [0.5, 0.6) is 0 Å². The molecule has 0 radical (unpaired) electrons. The highest BCUT2D eigenvalue weighted by atomic mass is 35.5. The minimum atomic E-state index is 0.482. The number of hydroxylamine groups is 1. The van der Waals surface area contributed by atoms with Gasteiger partial charge in [0.15, 0.2) is 0 Å². The smallest absolute Gasteiger partial charge is 0.134 e. The molecule has 136 valence electrons. The van der Waals surface area contributed by atoms with Gasteiger partial charge in [-0.3, -0.25) is 20.6 Å². The molecule has 1 aliphatic rings. The molecular weight excluding hydrogens is 342 g/mol. The number of aliphatic imine (C=N–C) groups is 1. The van der Waals surface area contributed by atoms with Crippen molar-refractivity contribution in [1.82, 2.24) is 10.4 Å². The topological polar surface area (TPSA) is 70.2 Å². The number of halogens is 1. The van der Waals surface area contributed by atoms with Gasteiger partial charge in [-0.25, -0.2) is 0 Å². The Hall–Kier alpha value is -1.60. The first kappa shape index (κ1) is 18.2. The summed E-state index contributed by atoms with van der Waals surface area (Å²) < 4.78 is 11.2. The molecule has 0 saturated carbocycles. The van der Waals surface area contributed by atoms with Gasteiger partial charge in [0.25, 0.3) is 0 Å². The van der Waals surface area contributed by atoms with Crippen molar-refractivity contribution in [3.8, 4) is 0 Å². The maximum absolute atomic E-state index is 9.48. The quantitative estimate of drug-likeness (QED) is 0.468. The highest BCUT2D eigenvalue weighted by molar-refractivity contribution is 6.31. The van der Waals surface area contributed by atoms with E-state index in [9.17, 15) is 5.21 Å². The number of benzene rings is 1. The number of ether oxygens (including phenoxy) is 1. The number of nitrogens with zero attached hydrogens (tertiary/aromatic N) is 2. The molecule has 1 aromatic carbocycles. The minimum absolute atomic E-state index is 0.482. The molecule has 0 aliphatic carbocycles. The van der Waals surface area contributed by atoms with E-state index in [1.165, 1.54) is 0 Å². The fourth-order valence-electron chi connectivity index (χ4n) is 3.10. The number of fused-ring (bicyclic) bond motifs is 1. The van der Waals surface area contributed by atoms with Crippen LogP contribution in [0.3, 0.4) is 0 Å². The zero-order valence-electron chi connectivity index (χ0n) is 14.4. The molecule has 1 aliphatic heterocycles. The highest BCUT2D eigenvalue weighted by Crippen LogP contribution is 2.29. The maximum atomic E-state index is 9.48. The highest BCUT2D eigenvalue weighted by Gasteiger charge is 2.16. The van der Waals surface area contributed by atoms with Gasteiger partial charge in [0.05, 0.1) is 19.8 Å². The van der Waals surface area contributed by atoms with E-state index in [1.807, 2.05) is 25.1 Å². The summed E-state index contributed by atoms with van der Waals surface area (Å²) >= 11 is 6.13. The second-order valence-electron chi connectivity index (χ2n) is 6.07. The van der Waals surface area contributed by atoms with Crippen LogP contribution in [-0.4, -0.2) is 55.3 Å². The number of nitrogens with one attached hydrogen (secondary N) is 1. The molecule has 2 aromatic rings. The normalized spacial score (nSPS) is 16.5. The zero-order valence-corrected chi connectivity index (χ0v) is 15.2. The van der Waals surface area contributed by atoms with Gasteiger partial charge in [0.2, 0.25) is 0 Å². The summed E-state index contributed by atoms with van der Waals surface area (Å²) in [6.07, 6.45) is 1.25. The molecule has 7 heteroatoms. The fourth-order valence-corrected chi connectivity index (χ4v) is 3.27. The summed E-state index contributed by atoms with van der Waals surface area (Å²) in [7, 11) is 0. The van der Waals surface area contributed by atoms with Crippen LogP contribution in [0.25, 0.3) is 11.0 Å². The van der Waals surface area contributed by atoms with Crippen molar-refractivity contribution in [3.63, 3.8) is 0 Å². The number of furan rings is 1. The Morgan fingerprint density at radius 1 is 1.36 bits per heavy atom. The SMILES string of the molecule is CCc1oc2ccc(Cl)cc2c1CC(=NCCN1CCOCC1)NO. The summed E-state index contributed by atoms with van der Waals surface area (Å²) in [4.78, 5) is 6.83. The third-order valence-corrected chi connectivity index (χ3v) is 4.69. The fraction of sp³-hybridized carbons (Fsp3) is 0.500. The van der Waals surface area contributed by atoms with E-state index in [0.717, 1.165) is 61.6 Å². The molecule has 0 atom stereocenters. The molecule has 2 heterocycles. The Kier molecular flexibility index (Phi) is 6.31. The van der Waals surface area contributed by atoms with Gasteiger partial charge in [0.1, 0.15) is 17.2 Å². The Morgan fingerprint density at radius 2 is 2.16 bits per heavy atom. The van der Waals surface area contributed by atoms with Gasteiger partial charge in [-0.15, -0.1) is 0 Å². The van der Waals surface area contributed by atoms with Gasteiger partial charge >= 0.3 is 0 Å². The van der Waals surface area contributed by atoms with Crippen LogP contribution in [0, 0.1) is 0 Å². The van der Waals surface area contributed by atoms with Crippen molar-refractivity contribution < 1.29 is 14.4 Å². The lowest BCUT2D eigenvalue weighted by atomic mass is 10.1. The predicted octanol–water partition coefficient (Wildman–Crippen LogP) is 2.90. The lowest BCUT2D eigenvalue weighted by Gasteiger charge is -2.25.